The monoisotopic (exact) mass is 605 g/mol. The van der Waals surface area contributed by atoms with Crippen LogP contribution >= 0.6 is 15.9 Å². The van der Waals surface area contributed by atoms with Gasteiger partial charge in [-0.05, 0) is 85.6 Å². The van der Waals surface area contributed by atoms with Gasteiger partial charge in [0, 0.05) is 27.4 Å². The number of nitrogens with zero attached hydrogens (tertiary/aromatic N) is 2. The zero-order chi connectivity index (χ0) is 27.7. The molecule has 4 aliphatic carbocycles. The molecule has 4 bridgehead atoms. The molecule has 4 saturated carbocycles. The van der Waals surface area contributed by atoms with Gasteiger partial charge in [-0.3, -0.25) is 9.59 Å². The average Bonchev–Trinajstić information content (AvgIpc) is 3.41. The number of hydrogen-bond donors (Lipinski definition) is 1. The molecule has 1 aliphatic heterocycles. The molecular weight excluding hydrogens is 574 g/mol. The molecule has 41 heavy (non-hydrogen) atoms. The fourth-order valence-electron chi connectivity index (χ4n) is 8.84. The third-order valence-electron chi connectivity index (χ3n) is 10.1. The topological polar surface area (TPSA) is 65.5 Å². The minimum atomic E-state index is -0.316. The predicted molar refractivity (Wildman–Crippen MR) is 165 cm³/mol. The SMILES string of the molecule is O=C(N1N=C(c2c(-c3ccccc3)c3cc(Br)ccc3[nH]c2=O)C[C@@H]1c1ccccc1)C12CC3CC(CC(C3)C1)C2. The molecule has 0 radical (unpaired) electrons. The molecule has 9 rings (SSSR count). The molecule has 6 heteroatoms. The number of hydrazone groups is 1. The van der Waals surface area contributed by atoms with E-state index in [2.05, 4.69) is 39.1 Å². The summed E-state index contributed by atoms with van der Waals surface area (Å²) in [6.07, 6.45) is 7.31. The van der Waals surface area contributed by atoms with Crippen LogP contribution < -0.4 is 5.56 Å². The Morgan fingerprint density at radius 1 is 0.854 bits per heavy atom. The number of rotatable bonds is 4. The lowest BCUT2D eigenvalue weighted by molar-refractivity contribution is -0.159. The number of carbonyl (C=O) groups excluding carboxylic acids is 1. The Kier molecular flexibility index (Phi) is 5.85. The molecule has 3 aromatic carbocycles. The largest absolute Gasteiger partial charge is 0.321 e. The maximum absolute atomic E-state index is 14.7. The fourth-order valence-corrected chi connectivity index (χ4v) is 9.21. The quantitative estimate of drug-likeness (QED) is 0.257. The first-order valence-electron chi connectivity index (χ1n) is 14.8. The smallest absolute Gasteiger partial charge is 0.258 e. The normalized spacial score (nSPS) is 28.3. The van der Waals surface area contributed by atoms with Gasteiger partial charge >= 0.3 is 0 Å². The third-order valence-corrected chi connectivity index (χ3v) is 10.6. The number of hydrogen-bond acceptors (Lipinski definition) is 3. The summed E-state index contributed by atoms with van der Waals surface area (Å²) in [5.41, 5.74) is 4.41. The highest BCUT2D eigenvalue weighted by atomic mass is 79.9. The molecule has 1 N–H and O–H groups in total. The highest BCUT2D eigenvalue weighted by Gasteiger charge is 2.57. The number of pyridine rings is 1. The van der Waals surface area contributed by atoms with Crippen molar-refractivity contribution in [2.45, 2.75) is 51.0 Å². The first-order chi connectivity index (χ1) is 20.0. The molecule has 206 valence electrons. The van der Waals surface area contributed by atoms with Crippen molar-refractivity contribution >= 4 is 38.5 Å². The predicted octanol–water partition coefficient (Wildman–Crippen LogP) is 7.85. The summed E-state index contributed by atoms with van der Waals surface area (Å²) in [5, 5.41) is 7.86. The van der Waals surface area contributed by atoms with Gasteiger partial charge in [0.1, 0.15) is 0 Å². The van der Waals surface area contributed by atoms with Crippen LogP contribution in [-0.4, -0.2) is 21.6 Å². The van der Waals surface area contributed by atoms with Crippen molar-refractivity contribution in [1.29, 1.82) is 0 Å². The van der Waals surface area contributed by atoms with E-state index in [-0.39, 0.29) is 22.9 Å². The standard InChI is InChI=1S/C35H32BrN3O2/c36-26-11-12-28-27(16-26)31(25-9-5-2-6-10-25)32(33(40)37-28)29-17-30(24-7-3-1-4-8-24)39(38-29)34(41)35-18-21-13-22(19-35)15-23(14-21)20-35/h1-12,16,21-23,30H,13-15,17-20H2,(H,37,40)/t21?,22?,23?,30-,35?/m1/s1. The van der Waals surface area contributed by atoms with Gasteiger partial charge in [0.2, 0.25) is 5.91 Å². The van der Waals surface area contributed by atoms with Crippen LogP contribution in [0.1, 0.15) is 62.1 Å². The van der Waals surface area contributed by atoms with Gasteiger partial charge in [0.15, 0.2) is 0 Å². The number of aromatic nitrogens is 1. The van der Waals surface area contributed by atoms with E-state index in [1.165, 1.54) is 19.3 Å². The number of nitrogens with one attached hydrogen (secondary N) is 1. The molecule has 0 spiro atoms. The lowest BCUT2D eigenvalue weighted by atomic mass is 9.49. The number of fused-ring (bicyclic) bond motifs is 1. The Hall–Kier alpha value is -3.51. The Balaban J connectivity index is 1.30. The Morgan fingerprint density at radius 3 is 2.15 bits per heavy atom. The van der Waals surface area contributed by atoms with E-state index >= 15 is 0 Å². The zero-order valence-corrected chi connectivity index (χ0v) is 24.4. The lowest BCUT2D eigenvalue weighted by Gasteiger charge is -2.56. The van der Waals surface area contributed by atoms with Gasteiger partial charge in [-0.1, -0.05) is 76.6 Å². The first-order valence-corrected chi connectivity index (χ1v) is 15.6. The second-order valence-electron chi connectivity index (χ2n) is 12.8. The van der Waals surface area contributed by atoms with Crippen LogP contribution in [0.4, 0.5) is 0 Å². The van der Waals surface area contributed by atoms with E-state index in [0.717, 1.165) is 51.3 Å². The summed E-state index contributed by atoms with van der Waals surface area (Å²) in [6, 6.07) is 26.0. The van der Waals surface area contributed by atoms with E-state index in [0.29, 0.717) is 35.4 Å². The van der Waals surface area contributed by atoms with Crippen LogP contribution in [0.3, 0.4) is 0 Å². The lowest BCUT2D eigenvalue weighted by Crippen LogP contribution is -2.53. The van der Waals surface area contributed by atoms with Crippen LogP contribution in [0.25, 0.3) is 22.0 Å². The molecule has 1 amide bonds. The molecule has 5 aliphatic rings. The number of carbonyl (C=O) groups is 1. The maximum Gasteiger partial charge on any atom is 0.258 e. The van der Waals surface area contributed by atoms with Gasteiger partial charge in [-0.15, -0.1) is 0 Å². The Bertz CT molecular complexity index is 1730. The highest BCUT2D eigenvalue weighted by molar-refractivity contribution is 9.10. The van der Waals surface area contributed by atoms with E-state index in [1.807, 2.05) is 60.7 Å². The van der Waals surface area contributed by atoms with Gasteiger partial charge in [-0.2, -0.15) is 5.10 Å². The van der Waals surface area contributed by atoms with E-state index in [1.54, 1.807) is 5.01 Å². The van der Waals surface area contributed by atoms with Crippen LogP contribution in [0, 0.1) is 23.2 Å². The zero-order valence-electron chi connectivity index (χ0n) is 22.9. The van der Waals surface area contributed by atoms with Gasteiger partial charge in [0.25, 0.3) is 5.56 Å². The molecule has 2 heterocycles. The molecule has 1 atom stereocenters. The summed E-state index contributed by atoms with van der Waals surface area (Å²) < 4.78 is 0.939. The summed E-state index contributed by atoms with van der Waals surface area (Å²) in [4.78, 5) is 31.7. The first kappa shape index (κ1) is 25.2. The molecule has 5 nitrogen and oxygen atoms in total. The van der Waals surface area contributed by atoms with Gasteiger partial charge < -0.3 is 4.98 Å². The van der Waals surface area contributed by atoms with Crippen molar-refractivity contribution in [1.82, 2.24) is 9.99 Å². The minimum absolute atomic E-state index is 0.168. The van der Waals surface area contributed by atoms with Crippen molar-refractivity contribution in [3.63, 3.8) is 0 Å². The minimum Gasteiger partial charge on any atom is -0.321 e. The molecule has 1 aromatic heterocycles. The molecule has 4 aromatic rings. The van der Waals surface area contributed by atoms with Crippen LogP contribution in [0.5, 0.6) is 0 Å². The summed E-state index contributed by atoms with van der Waals surface area (Å²) >= 11 is 3.64. The van der Waals surface area contributed by atoms with E-state index < -0.39 is 0 Å². The molecule has 0 unspecified atom stereocenters. The highest BCUT2D eigenvalue weighted by Crippen LogP contribution is 2.61. The van der Waals surface area contributed by atoms with Crippen molar-refractivity contribution in [2.75, 3.05) is 0 Å². The second kappa shape index (κ2) is 9.52. The van der Waals surface area contributed by atoms with Gasteiger partial charge in [-0.25, -0.2) is 5.01 Å². The second-order valence-corrected chi connectivity index (χ2v) is 13.7. The number of H-pyrrole nitrogens is 1. The van der Waals surface area contributed by atoms with E-state index in [4.69, 9.17) is 5.10 Å². The van der Waals surface area contributed by atoms with Crippen molar-refractivity contribution in [3.8, 4) is 11.1 Å². The number of halogens is 1. The van der Waals surface area contributed by atoms with Crippen LogP contribution in [0.15, 0.2) is 93.2 Å². The summed E-state index contributed by atoms with van der Waals surface area (Å²) in [6.45, 7) is 0. The number of benzene rings is 3. The van der Waals surface area contributed by atoms with Gasteiger partial charge in [0.05, 0.1) is 22.7 Å². The average molecular weight is 607 g/mol. The Labute approximate surface area is 247 Å². The van der Waals surface area contributed by atoms with E-state index in [9.17, 15) is 9.59 Å². The van der Waals surface area contributed by atoms with Crippen molar-refractivity contribution in [2.24, 2.45) is 28.3 Å². The van der Waals surface area contributed by atoms with Crippen molar-refractivity contribution < 1.29 is 4.79 Å². The fraction of sp³-hybridized carbons (Fsp3) is 0.343. The van der Waals surface area contributed by atoms with Crippen LogP contribution in [-0.2, 0) is 4.79 Å². The number of amides is 1. The Morgan fingerprint density at radius 2 is 1.49 bits per heavy atom. The molecule has 0 saturated heterocycles. The third kappa shape index (κ3) is 4.13. The van der Waals surface area contributed by atoms with Crippen LogP contribution in [0.2, 0.25) is 0 Å². The molecule has 4 fully saturated rings. The molecular formula is C35H32BrN3O2. The van der Waals surface area contributed by atoms with Crippen molar-refractivity contribution in [3.05, 3.63) is 105 Å². The summed E-state index contributed by atoms with van der Waals surface area (Å²) in [7, 11) is 0. The number of aromatic amines is 1. The summed E-state index contributed by atoms with van der Waals surface area (Å²) in [5.74, 6) is 2.16. The maximum atomic E-state index is 14.7.